The van der Waals surface area contributed by atoms with Crippen LogP contribution in [0.5, 0.6) is 0 Å². The lowest BCUT2D eigenvalue weighted by atomic mass is 10.3. The third-order valence-corrected chi connectivity index (χ3v) is 2.42. The van der Waals surface area contributed by atoms with Crippen LogP contribution in [-0.2, 0) is 13.2 Å². The van der Waals surface area contributed by atoms with Crippen molar-refractivity contribution >= 4 is 5.82 Å². The Labute approximate surface area is 105 Å². The molecule has 0 amide bonds. The zero-order chi connectivity index (χ0) is 13.0. The molecule has 2 heterocycles. The fraction of sp³-hybridized carbons (Fsp3) is 0.333. The Morgan fingerprint density at radius 2 is 1.89 bits per heavy atom. The Morgan fingerprint density at radius 1 is 1.17 bits per heavy atom. The van der Waals surface area contributed by atoms with E-state index in [4.69, 9.17) is 5.11 Å². The summed E-state index contributed by atoms with van der Waals surface area (Å²) in [6, 6.07) is 3.64. The zero-order valence-electron chi connectivity index (χ0n) is 10.4. The highest BCUT2D eigenvalue weighted by molar-refractivity contribution is 5.38. The predicted octanol–water partition coefficient (Wildman–Crippen LogP) is 0.704. The van der Waals surface area contributed by atoms with Crippen LogP contribution in [0.2, 0.25) is 0 Å². The number of aliphatic hydroxyl groups is 1. The summed E-state index contributed by atoms with van der Waals surface area (Å²) in [6.07, 6.45) is 3.42. The molecule has 0 aromatic carbocycles. The summed E-state index contributed by atoms with van der Waals surface area (Å²) in [7, 11) is 1.90. The molecule has 6 nitrogen and oxygen atoms in total. The van der Waals surface area contributed by atoms with Gasteiger partial charge in [-0.15, -0.1) is 0 Å². The molecule has 0 aliphatic rings. The number of rotatable bonds is 4. The molecule has 0 fully saturated rings. The molecule has 18 heavy (non-hydrogen) atoms. The smallest absolute Gasteiger partial charge is 0.156 e. The monoisotopic (exact) mass is 245 g/mol. The van der Waals surface area contributed by atoms with E-state index in [1.54, 1.807) is 18.5 Å². The fourth-order valence-electron chi connectivity index (χ4n) is 1.58. The maximum absolute atomic E-state index is 9.09. The maximum Gasteiger partial charge on any atom is 0.156 e. The van der Waals surface area contributed by atoms with Crippen LogP contribution in [0.15, 0.2) is 24.5 Å². The van der Waals surface area contributed by atoms with Crippen LogP contribution in [0.4, 0.5) is 5.82 Å². The minimum Gasteiger partial charge on any atom is -0.388 e. The lowest BCUT2D eigenvalue weighted by Gasteiger charge is -2.17. The van der Waals surface area contributed by atoms with E-state index in [1.165, 1.54) is 0 Å². The van der Waals surface area contributed by atoms with Crippen LogP contribution in [0.25, 0.3) is 0 Å². The van der Waals surface area contributed by atoms with E-state index >= 15 is 0 Å². The van der Waals surface area contributed by atoms with Crippen molar-refractivity contribution < 1.29 is 5.11 Å². The molecule has 0 spiro atoms. The van der Waals surface area contributed by atoms with E-state index < -0.39 is 0 Å². The van der Waals surface area contributed by atoms with Gasteiger partial charge in [-0.25, -0.2) is 19.9 Å². The van der Waals surface area contributed by atoms with Crippen LogP contribution in [0, 0.1) is 6.92 Å². The second-order valence-corrected chi connectivity index (χ2v) is 3.96. The summed E-state index contributed by atoms with van der Waals surface area (Å²) in [5.74, 6) is 1.90. The van der Waals surface area contributed by atoms with Crippen molar-refractivity contribution in [1.82, 2.24) is 19.9 Å². The number of hydrogen-bond acceptors (Lipinski definition) is 6. The average Bonchev–Trinajstić information content (AvgIpc) is 2.39. The van der Waals surface area contributed by atoms with E-state index in [-0.39, 0.29) is 6.61 Å². The summed E-state index contributed by atoms with van der Waals surface area (Å²) in [5.41, 5.74) is 0.824. The number of anilines is 1. The van der Waals surface area contributed by atoms with Crippen molar-refractivity contribution in [2.45, 2.75) is 20.1 Å². The van der Waals surface area contributed by atoms with Gasteiger partial charge in [0.25, 0.3) is 0 Å². The quantitative estimate of drug-likeness (QED) is 0.854. The Hall–Kier alpha value is -2.08. The molecule has 2 aromatic rings. The van der Waals surface area contributed by atoms with Crippen molar-refractivity contribution in [1.29, 1.82) is 0 Å². The van der Waals surface area contributed by atoms with Gasteiger partial charge < -0.3 is 10.0 Å². The highest BCUT2D eigenvalue weighted by Crippen LogP contribution is 2.12. The number of aromatic nitrogens is 4. The molecule has 2 aromatic heterocycles. The first kappa shape index (κ1) is 12.4. The molecule has 0 bridgehead atoms. The zero-order valence-corrected chi connectivity index (χ0v) is 10.4. The summed E-state index contributed by atoms with van der Waals surface area (Å²) in [6.45, 7) is 2.27. The predicted molar refractivity (Wildman–Crippen MR) is 66.8 cm³/mol. The highest BCUT2D eigenvalue weighted by atomic mass is 16.3. The lowest BCUT2D eigenvalue weighted by molar-refractivity contribution is 0.271. The number of nitrogens with zero attached hydrogens (tertiary/aromatic N) is 5. The topological polar surface area (TPSA) is 75.0 Å². The van der Waals surface area contributed by atoms with Crippen molar-refractivity contribution in [3.8, 4) is 0 Å². The Kier molecular flexibility index (Phi) is 3.78. The second kappa shape index (κ2) is 5.50. The molecule has 0 saturated carbocycles. The molecular formula is C12H15N5O. The SMILES string of the molecule is Cc1cc(N(C)Cc2ncccn2)nc(CO)n1. The van der Waals surface area contributed by atoms with Crippen molar-refractivity contribution in [3.05, 3.63) is 41.9 Å². The molecule has 0 unspecified atom stereocenters. The van der Waals surface area contributed by atoms with Crippen LogP contribution in [0.1, 0.15) is 17.3 Å². The van der Waals surface area contributed by atoms with Crippen LogP contribution in [-0.4, -0.2) is 32.1 Å². The van der Waals surface area contributed by atoms with Gasteiger partial charge in [-0.3, -0.25) is 0 Å². The molecule has 6 heteroatoms. The van der Waals surface area contributed by atoms with Gasteiger partial charge in [0.05, 0.1) is 6.54 Å². The third-order valence-electron chi connectivity index (χ3n) is 2.42. The van der Waals surface area contributed by atoms with E-state index in [2.05, 4.69) is 19.9 Å². The molecule has 0 aliphatic carbocycles. The van der Waals surface area contributed by atoms with Crippen LogP contribution in [0.3, 0.4) is 0 Å². The normalized spacial score (nSPS) is 10.4. The van der Waals surface area contributed by atoms with E-state index in [1.807, 2.05) is 24.9 Å². The summed E-state index contributed by atoms with van der Waals surface area (Å²) >= 11 is 0. The molecule has 1 N–H and O–H groups in total. The first-order valence-electron chi connectivity index (χ1n) is 5.61. The van der Waals surface area contributed by atoms with Gasteiger partial charge in [-0.05, 0) is 13.0 Å². The van der Waals surface area contributed by atoms with Crippen molar-refractivity contribution in [2.24, 2.45) is 0 Å². The molecule has 0 saturated heterocycles. The largest absolute Gasteiger partial charge is 0.388 e. The first-order valence-corrected chi connectivity index (χ1v) is 5.61. The highest BCUT2D eigenvalue weighted by Gasteiger charge is 2.08. The van der Waals surface area contributed by atoms with Crippen LogP contribution < -0.4 is 4.90 Å². The summed E-state index contributed by atoms with van der Waals surface area (Å²) in [4.78, 5) is 18.6. The Morgan fingerprint density at radius 3 is 2.56 bits per heavy atom. The lowest BCUT2D eigenvalue weighted by Crippen LogP contribution is -2.20. The standard InChI is InChI=1S/C12H15N5O/c1-9-6-12(16-11(8-18)15-9)17(2)7-10-13-4-3-5-14-10/h3-6,18H,7-8H2,1-2H3. The van der Waals surface area contributed by atoms with E-state index in [0.717, 1.165) is 17.3 Å². The maximum atomic E-state index is 9.09. The summed E-state index contributed by atoms with van der Waals surface area (Å²) in [5, 5.41) is 9.09. The fourth-order valence-corrected chi connectivity index (χ4v) is 1.58. The minimum atomic E-state index is -0.162. The molecule has 94 valence electrons. The van der Waals surface area contributed by atoms with Gasteiger partial charge in [0.15, 0.2) is 5.82 Å². The van der Waals surface area contributed by atoms with E-state index in [9.17, 15) is 0 Å². The van der Waals surface area contributed by atoms with Gasteiger partial charge in [0.1, 0.15) is 18.2 Å². The molecular weight excluding hydrogens is 230 g/mol. The molecule has 0 aliphatic heterocycles. The van der Waals surface area contributed by atoms with E-state index in [0.29, 0.717) is 12.4 Å². The van der Waals surface area contributed by atoms with Gasteiger partial charge in [-0.1, -0.05) is 0 Å². The average molecular weight is 245 g/mol. The van der Waals surface area contributed by atoms with Gasteiger partial charge >= 0.3 is 0 Å². The number of hydrogen-bond donors (Lipinski definition) is 1. The third kappa shape index (κ3) is 2.98. The number of aliphatic hydroxyl groups excluding tert-OH is 1. The van der Waals surface area contributed by atoms with Crippen molar-refractivity contribution in [2.75, 3.05) is 11.9 Å². The molecule has 0 radical (unpaired) electrons. The second-order valence-electron chi connectivity index (χ2n) is 3.96. The van der Waals surface area contributed by atoms with Crippen LogP contribution >= 0.6 is 0 Å². The van der Waals surface area contributed by atoms with Crippen molar-refractivity contribution in [3.63, 3.8) is 0 Å². The minimum absolute atomic E-state index is 0.162. The molecule has 2 rings (SSSR count). The van der Waals surface area contributed by atoms with Gasteiger partial charge in [0, 0.05) is 31.2 Å². The summed E-state index contributed by atoms with van der Waals surface area (Å²) < 4.78 is 0. The first-order chi connectivity index (χ1) is 8.69. The number of aryl methyl sites for hydroxylation is 1. The Bertz CT molecular complexity index is 517. The van der Waals surface area contributed by atoms with Gasteiger partial charge in [0.2, 0.25) is 0 Å². The Balaban J connectivity index is 2.18. The molecule has 0 atom stereocenters. The van der Waals surface area contributed by atoms with Gasteiger partial charge in [-0.2, -0.15) is 0 Å².